The normalized spacial score (nSPS) is 12.3. The number of para-hydroxylation sites is 1. The number of carbonyl (C=O) groups excluding carboxylic acids is 2. The third-order valence-corrected chi connectivity index (χ3v) is 8.17. The highest BCUT2D eigenvalue weighted by atomic mass is 16.4. The number of piperidine rings is 1. The number of likely N-dealkylation sites (tertiary alicyclic amines) is 1. The van der Waals surface area contributed by atoms with Gasteiger partial charge in [-0.2, -0.15) is 0 Å². The maximum Gasteiger partial charge on any atom is 0.416 e. The summed E-state index contributed by atoms with van der Waals surface area (Å²) in [7, 11) is 0. The van der Waals surface area contributed by atoms with Gasteiger partial charge in [0.1, 0.15) is 0 Å². The summed E-state index contributed by atoms with van der Waals surface area (Å²) < 4.78 is 0. The quantitative estimate of drug-likeness (QED) is 0.154. The van der Waals surface area contributed by atoms with Gasteiger partial charge in [0, 0.05) is 47.7 Å². The highest BCUT2D eigenvalue weighted by molar-refractivity contribution is 5.96. The van der Waals surface area contributed by atoms with Crippen molar-refractivity contribution in [3.05, 3.63) is 150 Å². The second-order valence-electron chi connectivity index (χ2n) is 11.6. The molecule has 50 heavy (non-hydrogen) atoms. The van der Waals surface area contributed by atoms with E-state index < -0.39 is 6.09 Å². The molecule has 252 valence electrons. The molecular formula is C41H39N5O4. The number of nitrogens with one attached hydrogen (secondary N) is 1. The van der Waals surface area contributed by atoms with Crippen molar-refractivity contribution in [2.45, 2.75) is 19.3 Å². The van der Waals surface area contributed by atoms with Gasteiger partial charge in [-0.1, -0.05) is 60.7 Å². The standard InChI is InChI=1S/C34H32N4O3.C7H7NO/c39-33(36-21-24-37-22-5-2-6-23-37)28-12-9-26(10-13-28)11-14-29-25-31(15-16-32(29)27-17-19-35-20-18-27)38(34(40)41)30-7-3-1-4-8-30;8-7(9)6-4-2-1-3-5-6/h1,3-4,7-10,12-13,15-20,25H,2,5-6,21-24H2,(H,36,39)(H,40,41);1-5H,(H2,8,9). The number of carbonyl (C=O) groups is 3. The van der Waals surface area contributed by atoms with Crippen molar-refractivity contribution in [2.24, 2.45) is 5.73 Å². The van der Waals surface area contributed by atoms with Crippen LogP contribution in [0.25, 0.3) is 11.1 Å². The number of aromatic nitrogens is 1. The minimum Gasteiger partial charge on any atom is -0.464 e. The molecule has 1 aromatic heterocycles. The van der Waals surface area contributed by atoms with Gasteiger partial charge in [-0.05, 0) is 110 Å². The monoisotopic (exact) mass is 665 g/mol. The molecule has 0 unspecified atom stereocenters. The maximum absolute atomic E-state index is 12.6. The van der Waals surface area contributed by atoms with Crippen molar-refractivity contribution >= 4 is 29.3 Å². The number of benzene rings is 4. The first-order valence-electron chi connectivity index (χ1n) is 16.5. The molecule has 1 saturated heterocycles. The first-order valence-corrected chi connectivity index (χ1v) is 16.5. The Morgan fingerprint density at radius 3 is 2.04 bits per heavy atom. The van der Waals surface area contributed by atoms with Gasteiger partial charge in [0.25, 0.3) is 5.91 Å². The molecule has 0 saturated carbocycles. The van der Waals surface area contributed by atoms with Gasteiger partial charge in [-0.15, -0.1) is 0 Å². The van der Waals surface area contributed by atoms with Crippen LogP contribution in [0.4, 0.5) is 16.2 Å². The second kappa shape index (κ2) is 17.8. The Morgan fingerprint density at radius 2 is 1.42 bits per heavy atom. The van der Waals surface area contributed by atoms with Crippen LogP contribution < -0.4 is 16.0 Å². The molecule has 6 rings (SSSR count). The average molecular weight is 666 g/mol. The summed E-state index contributed by atoms with van der Waals surface area (Å²) in [6, 6.07) is 34.2. The molecule has 5 aromatic rings. The maximum atomic E-state index is 12.6. The van der Waals surface area contributed by atoms with E-state index in [0.717, 1.165) is 36.3 Å². The molecule has 4 aromatic carbocycles. The smallest absolute Gasteiger partial charge is 0.416 e. The van der Waals surface area contributed by atoms with Gasteiger partial charge < -0.3 is 21.1 Å². The lowest BCUT2D eigenvalue weighted by atomic mass is 9.99. The zero-order valence-corrected chi connectivity index (χ0v) is 27.7. The van der Waals surface area contributed by atoms with Gasteiger partial charge in [0.05, 0.1) is 11.4 Å². The van der Waals surface area contributed by atoms with Crippen LogP contribution in [0.3, 0.4) is 0 Å². The number of pyridine rings is 1. The Morgan fingerprint density at radius 1 is 0.760 bits per heavy atom. The molecule has 1 aliphatic rings. The number of amides is 3. The lowest BCUT2D eigenvalue weighted by Gasteiger charge is -2.26. The van der Waals surface area contributed by atoms with Crippen LogP contribution in [-0.4, -0.2) is 59.1 Å². The fraction of sp³-hybridized carbons (Fsp3) is 0.171. The number of anilines is 2. The van der Waals surface area contributed by atoms with Crippen LogP contribution in [-0.2, 0) is 0 Å². The highest BCUT2D eigenvalue weighted by Crippen LogP contribution is 2.31. The molecule has 9 nitrogen and oxygen atoms in total. The van der Waals surface area contributed by atoms with E-state index in [1.165, 1.54) is 24.2 Å². The summed E-state index contributed by atoms with van der Waals surface area (Å²) in [5, 5.41) is 13.0. The Labute approximate surface area is 292 Å². The lowest BCUT2D eigenvalue weighted by Crippen LogP contribution is -2.37. The molecule has 0 bridgehead atoms. The van der Waals surface area contributed by atoms with Crippen molar-refractivity contribution in [2.75, 3.05) is 31.1 Å². The van der Waals surface area contributed by atoms with Gasteiger partial charge >= 0.3 is 6.09 Å². The molecule has 0 aliphatic carbocycles. The van der Waals surface area contributed by atoms with Crippen LogP contribution in [0.2, 0.25) is 0 Å². The predicted molar refractivity (Wildman–Crippen MR) is 196 cm³/mol. The summed E-state index contributed by atoms with van der Waals surface area (Å²) in [6.07, 6.45) is 6.10. The summed E-state index contributed by atoms with van der Waals surface area (Å²) in [5.74, 6) is 5.95. The van der Waals surface area contributed by atoms with Crippen molar-refractivity contribution in [3.63, 3.8) is 0 Å². The zero-order valence-electron chi connectivity index (χ0n) is 27.7. The van der Waals surface area contributed by atoms with E-state index in [-0.39, 0.29) is 11.8 Å². The predicted octanol–water partition coefficient (Wildman–Crippen LogP) is 6.97. The number of carboxylic acid groups (broad SMARTS) is 1. The third-order valence-electron chi connectivity index (χ3n) is 8.17. The number of rotatable bonds is 8. The van der Waals surface area contributed by atoms with Crippen molar-refractivity contribution in [1.82, 2.24) is 15.2 Å². The number of nitrogens with zero attached hydrogens (tertiary/aromatic N) is 3. The van der Waals surface area contributed by atoms with Crippen LogP contribution in [0.1, 0.15) is 51.1 Å². The molecule has 2 heterocycles. The van der Waals surface area contributed by atoms with Gasteiger partial charge in [-0.3, -0.25) is 14.6 Å². The van der Waals surface area contributed by atoms with Gasteiger partial charge in [0.2, 0.25) is 5.91 Å². The summed E-state index contributed by atoms with van der Waals surface area (Å²) >= 11 is 0. The van der Waals surface area contributed by atoms with E-state index in [1.807, 2.05) is 42.5 Å². The summed E-state index contributed by atoms with van der Waals surface area (Å²) in [5.41, 5.74) is 10.4. The van der Waals surface area contributed by atoms with E-state index >= 15 is 0 Å². The molecule has 0 spiro atoms. The molecule has 1 aliphatic heterocycles. The lowest BCUT2D eigenvalue weighted by molar-refractivity contribution is 0.0945. The Hall–Kier alpha value is -6.24. The van der Waals surface area contributed by atoms with E-state index in [2.05, 4.69) is 27.0 Å². The van der Waals surface area contributed by atoms with E-state index in [1.54, 1.807) is 85.2 Å². The zero-order chi connectivity index (χ0) is 35.1. The van der Waals surface area contributed by atoms with Gasteiger partial charge in [0.15, 0.2) is 0 Å². The number of nitrogens with two attached hydrogens (primary N) is 1. The van der Waals surface area contributed by atoms with E-state index in [4.69, 9.17) is 5.73 Å². The summed E-state index contributed by atoms with van der Waals surface area (Å²) in [6.45, 7) is 3.72. The average Bonchev–Trinajstić information content (AvgIpc) is 3.16. The minimum absolute atomic E-state index is 0.0936. The molecule has 9 heteroatoms. The molecule has 0 radical (unpaired) electrons. The fourth-order valence-corrected chi connectivity index (χ4v) is 5.56. The molecule has 0 atom stereocenters. The first kappa shape index (κ1) is 35.1. The van der Waals surface area contributed by atoms with Gasteiger partial charge in [-0.25, -0.2) is 9.69 Å². The largest absolute Gasteiger partial charge is 0.464 e. The topological polar surface area (TPSA) is 129 Å². The van der Waals surface area contributed by atoms with Crippen LogP contribution >= 0.6 is 0 Å². The fourth-order valence-electron chi connectivity index (χ4n) is 5.56. The number of primary amides is 1. The SMILES string of the molecule is NC(=O)c1ccccc1.O=C(NCCN1CCCCC1)c1ccc(C#Cc2cc(N(C(=O)O)c3ccccc3)ccc2-c2ccncc2)cc1. The van der Waals surface area contributed by atoms with Crippen LogP contribution in [0.15, 0.2) is 128 Å². The second-order valence-corrected chi connectivity index (χ2v) is 11.6. The Balaban J connectivity index is 0.000000470. The Bertz CT molecular complexity index is 1930. The van der Waals surface area contributed by atoms with Crippen molar-refractivity contribution in [3.8, 4) is 23.0 Å². The van der Waals surface area contributed by atoms with E-state index in [9.17, 15) is 19.5 Å². The number of hydrogen-bond acceptors (Lipinski definition) is 5. The van der Waals surface area contributed by atoms with Crippen LogP contribution in [0.5, 0.6) is 0 Å². The molecular weight excluding hydrogens is 626 g/mol. The first-order chi connectivity index (χ1) is 24.4. The van der Waals surface area contributed by atoms with Crippen molar-refractivity contribution < 1.29 is 19.5 Å². The van der Waals surface area contributed by atoms with Crippen molar-refractivity contribution in [1.29, 1.82) is 0 Å². The third kappa shape index (κ3) is 9.89. The van der Waals surface area contributed by atoms with Crippen LogP contribution in [0, 0.1) is 11.8 Å². The van der Waals surface area contributed by atoms with E-state index in [0.29, 0.717) is 34.6 Å². The number of hydrogen-bond donors (Lipinski definition) is 3. The highest BCUT2D eigenvalue weighted by Gasteiger charge is 2.18. The minimum atomic E-state index is -1.09. The molecule has 1 fully saturated rings. The molecule has 3 amide bonds. The summed E-state index contributed by atoms with van der Waals surface area (Å²) in [4.78, 5) is 43.0. The molecule has 4 N–H and O–H groups in total. The Kier molecular flexibility index (Phi) is 12.5.